The Morgan fingerprint density at radius 2 is 2.20 bits per heavy atom. The zero-order valence-electron chi connectivity index (χ0n) is 10.8. The molecule has 0 spiro atoms. The smallest absolute Gasteiger partial charge is 0.255 e. The first-order valence-electron chi connectivity index (χ1n) is 6.02. The summed E-state index contributed by atoms with van der Waals surface area (Å²) < 4.78 is 24.6. The second kappa shape index (κ2) is 9.15. The van der Waals surface area contributed by atoms with Gasteiger partial charge in [0.15, 0.2) is 0 Å². The number of aliphatic hydroxyl groups excluding tert-OH is 1. The summed E-state index contributed by atoms with van der Waals surface area (Å²) in [7, 11) is 0. The molecule has 0 aliphatic heterocycles. The van der Waals surface area contributed by atoms with Crippen molar-refractivity contribution in [3.8, 4) is 0 Å². The lowest BCUT2D eigenvalue weighted by molar-refractivity contribution is -0.130. The molecular formula is C13H16ClF2NO2S. The number of alkyl halides is 2. The largest absolute Gasteiger partial charge is 0.395 e. The number of halogens is 3. The van der Waals surface area contributed by atoms with E-state index in [0.717, 1.165) is 10.5 Å². The average Bonchev–Trinajstić information content (AvgIpc) is 2.37. The second-order valence-corrected chi connectivity index (χ2v) is 5.50. The third kappa shape index (κ3) is 6.54. The van der Waals surface area contributed by atoms with Crippen LogP contribution in [0.3, 0.4) is 0 Å². The average molecular weight is 324 g/mol. The molecule has 0 heterocycles. The van der Waals surface area contributed by atoms with Gasteiger partial charge in [0.2, 0.25) is 5.91 Å². The van der Waals surface area contributed by atoms with Gasteiger partial charge in [-0.3, -0.25) is 4.79 Å². The molecule has 0 fully saturated rings. The van der Waals surface area contributed by atoms with Crippen LogP contribution < -0.4 is 0 Å². The maximum atomic E-state index is 12.3. The molecule has 0 aliphatic rings. The summed E-state index contributed by atoms with van der Waals surface area (Å²) in [5.41, 5.74) is 0.970. The molecule has 1 N–H and O–H groups in total. The Morgan fingerprint density at radius 1 is 1.45 bits per heavy atom. The summed E-state index contributed by atoms with van der Waals surface area (Å²) in [4.78, 5) is 12.7. The van der Waals surface area contributed by atoms with Crippen molar-refractivity contribution in [2.75, 3.05) is 25.4 Å². The molecule has 7 heteroatoms. The fourth-order valence-corrected chi connectivity index (χ4v) is 2.67. The monoisotopic (exact) mass is 323 g/mol. The van der Waals surface area contributed by atoms with Gasteiger partial charge in [0, 0.05) is 17.3 Å². The van der Waals surface area contributed by atoms with Crippen molar-refractivity contribution in [2.45, 2.75) is 12.2 Å². The molecular weight excluding hydrogens is 308 g/mol. The number of amides is 1. The zero-order valence-corrected chi connectivity index (χ0v) is 12.3. The van der Waals surface area contributed by atoms with E-state index in [1.165, 1.54) is 11.8 Å². The Balaban J connectivity index is 2.40. The first-order valence-corrected chi connectivity index (χ1v) is 7.55. The molecule has 112 valence electrons. The third-order valence-corrected chi connectivity index (χ3v) is 3.69. The zero-order chi connectivity index (χ0) is 15.0. The summed E-state index contributed by atoms with van der Waals surface area (Å²) in [6.07, 6.45) is -2.59. The fraction of sp³-hybridized carbons (Fsp3) is 0.462. The maximum Gasteiger partial charge on any atom is 0.255 e. The van der Waals surface area contributed by atoms with Crippen LogP contribution in [0.4, 0.5) is 8.78 Å². The highest BCUT2D eigenvalue weighted by molar-refractivity contribution is 7.99. The minimum absolute atomic E-state index is 0.0686. The van der Waals surface area contributed by atoms with Gasteiger partial charge < -0.3 is 10.0 Å². The predicted octanol–water partition coefficient (Wildman–Crippen LogP) is 2.66. The van der Waals surface area contributed by atoms with Crippen LogP contribution in [0.5, 0.6) is 0 Å². The van der Waals surface area contributed by atoms with Crippen molar-refractivity contribution in [2.24, 2.45) is 0 Å². The molecule has 0 aliphatic carbocycles. The number of hydrogen-bond acceptors (Lipinski definition) is 3. The van der Waals surface area contributed by atoms with Crippen LogP contribution in [0.2, 0.25) is 5.02 Å². The highest BCUT2D eigenvalue weighted by atomic mass is 35.5. The molecule has 1 aromatic carbocycles. The van der Waals surface area contributed by atoms with E-state index in [0.29, 0.717) is 10.8 Å². The van der Waals surface area contributed by atoms with Gasteiger partial charge >= 0.3 is 0 Å². The van der Waals surface area contributed by atoms with Gasteiger partial charge in [-0.15, -0.1) is 11.8 Å². The lowest BCUT2D eigenvalue weighted by atomic mass is 10.2. The molecule has 0 radical (unpaired) electrons. The van der Waals surface area contributed by atoms with Gasteiger partial charge in [-0.2, -0.15) is 0 Å². The van der Waals surface area contributed by atoms with Gasteiger partial charge in [-0.1, -0.05) is 23.7 Å². The molecule has 0 saturated carbocycles. The van der Waals surface area contributed by atoms with Gasteiger partial charge in [0.1, 0.15) is 0 Å². The number of hydrogen-bond donors (Lipinski definition) is 1. The molecule has 0 atom stereocenters. The van der Waals surface area contributed by atoms with Crippen LogP contribution in [-0.2, 0) is 10.5 Å². The van der Waals surface area contributed by atoms with E-state index in [4.69, 9.17) is 16.7 Å². The highest BCUT2D eigenvalue weighted by Crippen LogP contribution is 2.17. The number of carbonyl (C=O) groups excluding carboxylic acids is 1. The Labute approximate surface area is 125 Å². The standard InChI is InChI=1S/C13H16ClF2NO2S/c14-11-3-1-2-10(6-11)8-20-9-13(19)17(4-5-18)7-12(15)16/h1-3,6,12,18H,4-5,7-9H2. The van der Waals surface area contributed by atoms with Crippen LogP contribution in [0.1, 0.15) is 5.56 Å². The molecule has 20 heavy (non-hydrogen) atoms. The highest BCUT2D eigenvalue weighted by Gasteiger charge is 2.17. The predicted molar refractivity (Wildman–Crippen MR) is 77.3 cm³/mol. The minimum atomic E-state index is -2.59. The number of rotatable bonds is 8. The Kier molecular flexibility index (Phi) is 7.87. The molecule has 1 amide bonds. The first-order chi connectivity index (χ1) is 9.52. The first kappa shape index (κ1) is 17.2. The summed E-state index contributed by atoms with van der Waals surface area (Å²) in [6, 6.07) is 7.25. The van der Waals surface area contributed by atoms with E-state index in [9.17, 15) is 13.6 Å². The molecule has 0 saturated heterocycles. The van der Waals surface area contributed by atoms with Gasteiger partial charge in [0.25, 0.3) is 6.43 Å². The maximum absolute atomic E-state index is 12.3. The van der Waals surface area contributed by atoms with E-state index in [-0.39, 0.29) is 18.9 Å². The summed E-state index contributed by atoms with van der Waals surface area (Å²) in [5.74, 6) is 0.277. The van der Waals surface area contributed by atoms with Gasteiger partial charge in [-0.05, 0) is 17.7 Å². The third-order valence-electron chi connectivity index (χ3n) is 2.46. The van der Waals surface area contributed by atoms with E-state index in [1.54, 1.807) is 12.1 Å². The topological polar surface area (TPSA) is 40.5 Å². The minimum Gasteiger partial charge on any atom is -0.395 e. The normalized spacial score (nSPS) is 10.8. The lowest BCUT2D eigenvalue weighted by Gasteiger charge is -2.21. The summed E-state index contributed by atoms with van der Waals surface area (Å²) >= 11 is 7.17. The summed E-state index contributed by atoms with van der Waals surface area (Å²) in [6.45, 7) is -1.03. The van der Waals surface area contributed by atoms with Gasteiger partial charge in [-0.25, -0.2) is 8.78 Å². The van der Waals surface area contributed by atoms with E-state index < -0.39 is 18.9 Å². The molecule has 0 aromatic heterocycles. The van der Waals surface area contributed by atoms with Crippen molar-refractivity contribution < 1.29 is 18.7 Å². The Bertz CT molecular complexity index is 435. The summed E-state index contributed by atoms with van der Waals surface area (Å²) in [5, 5.41) is 9.39. The quantitative estimate of drug-likeness (QED) is 0.799. The number of benzene rings is 1. The Hall–Kier alpha value is -0.850. The molecule has 1 aromatic rings. The Morgan fingerprint density at radius 3 is 2.80 bits per heavy atom. The molecule has 3 nitrogen and oxygen atoms in total. The van der Waals surface area contributed by atoms with Crippen LogP contribution in [0.25, 0.3) is 0 Å². The van der Waals surface area contributed by atoms with Crippen LogP contribution in [-0.4, -0.2) is 47.8 Å². The van der Waals surface area contributed by atoms with Gasteiger partial charge in [0.05, 0.1) is 18.9 Å². The van der Waals surface area contributed by atoms with Crippen LogP contribution in [0, 0.1) is 0 Å². The fourth-order valence-electron chi connectivity index (χ4n) is 1.58. The van der Waals surface area contributed by atoms with Crippen molar-refractivity contribution in [3.63, 3.8) is 0 Å². The molecule has 1 rings (SSSR count). The van der Waals surface area contributed by atoms with Crippen molar-refractivity contribution >= 4 is 29.3 Å². The number of nitrogens with zero attached hydrogens (tertiary/aromatic N) is 1. The number of carbonyl (C=O) groups is 1. The van der Waals surface area contributed by atoms with E-state index >= 15 is 0 Å². The lowest BCUT2D eigenvalue weighted by Crippen LogP contribution is -2.38. The van der Waals surface area contributed by atoms with Crippen LogP contribution >= 0.6 is 23.4 Å². The number of thioether (sulfide) groups is 1. The van der Waals surface area contributed by atoms with Crippen molar-refractivity contribution in [3.05, 3.63) is 34.9 Å². The molecule has 0 bridgehead atoms. The van der Waals surface area contributed by atoms with Crippen LogP contribution in [0.15, 0.2) is 24.3 Å². The number of aliphatic hydroxyl groups is 1. The van der Waals surface area contributed by atoms with E-state index in [2.05, 4.69) is 0 Å². The SMILES string of the molecule is O=C(CSCc1cccc(Cl)c1)N(CCO)CC(F)F. The van der Waals surface area contributed by atoms with Crippen molar-refractivity contribution in [1.82, 2.24) is 4.90 Å². The second-order valence-electron chi connectivity index (χ2n) is 4.08. The van der Waals surface area contributed by atoms with E-state index in [1.807, 2.05) is 12.1 Å². The molecule has 0 unspecified atom stereocenters. The van der Waals surface area contributed by atoms with Crippen molar-refractivity contribution in [1.29, 1.82) is 0 Å².